The highest BCUT2D eigenvalue weighted by atomic mass is 16.5. The van der Waals surface area contributed by atoms with Crippen molar-refractivity contribution in [1.82, 2.24) is 9.61 Å². The second kappa shape index (κ2) is 7.85. The van der Waals surface area contributed by atoms with Gasteiger partial charge in [0.05, 0.1) is 34.8 Å². The average Bonchev–Trinajstić information content (AvgIpc) is 3.05. The molecule has 0 spiro atoms. The van der Waals surface area contributed by atoms with Crippen LogP contribution in [0.1, 0.15) is 11.1 Å². The van der Waals surface area contributed by atoms with E-state index in [-0.39, 0.29) is 0 Å². The van der Waals surface area contributed by atoms with E-state index in [1.165, 1.54) is 10.7 Å². The molecule has 8 heteroatoms. The zero-order chi connectivity index (χ0) is 21.1. The van der Waals surface area contributed by atoms with Gasteiger partial charge in [0.15, 0.2) is 0 Å². The molecule has 8 nitrogen and oxygen atoms in total. The molecule has 0 aliphatic heterocycles. The van der Waals surface area contributed by atoms with Crippen molar-refractivity contribution in [1.29, 1.82) is 5.26 Å². The molecule has 2 aromatic heterocycles. The van der Waals surface area contributed by atoms with E-state index in [1.807, 2.05) is 54.6 Å². The van der Waals surface area contributed by atoms with Crippen LogP contribution < -0.4 is 15.4 Å². The molecule has 3 N–H and O–H groups in total. The van der Waals surface area contributed by atoms with E-state index in [1.54, 1.807) is 13.1 Å². The Balaban J connectivity index is 1.66. The van der Waals surface area contributed by atoms with Crippen LogP contribution in [0.3, 0.4) is 0 Å². The van der Waals surface area contributed by atoms with Gasteiger partial charge < -0.3 is 15.2 Å². The van der Waals surface area contributed by atoms with Gasteiger partial charge in [0.2, 0.25) is 0 Å². The van der Waals surface area contributed by atoms with Crippen LogP contribution in [0.5, 0.6) is 11.5 Å². The van der Waals surface area contributed by atoms with Crippen molar-refractivity contribution in [3.63, 3.8) is 0 Å². The number of nitrogens with one attached hydrogen (secondary N) is 2. The lowest BCUT2D eigenvalue weighted by atomic mass is 10.1. The highest BCUT2D eigenvalue weighted by Crippen LogP contribution is 2.33. The summed E-state index contributed by atoms with van der Waals surface area (Å²) in [6.45, 7) is 1.77. The number of ether oxygens (including phenoxy) is 1. The van der Waals surface area contributed by atoms with E-state index >= 15 is 0 Å². The number of hydrogen-bond donors (Lipinski definition) is 3. The summed E-state index contributed by atoms with van der Waals surface area (Å²) in [6.07, 6.45) is 1.84. The number of carboxylic acid groups (broad SMARTS) is 1. The zero-order valence-corrected chi connectivity index (χ0v) is 16.0. The Labute approximate surface area is 172 Å². The second-order valence-electron chi connectivity index (χ2n) is 6.50. The number of para-hydroxylation sites is 1. The van der Waals surface area contributed by atoms with Gasteiger partial charge in [-0.05, 0) is 43.3 Å². The Morgan fingerprint density at radius 1 is 1.13 bits per heavy atom. The molecular formula is C22H17N5O3. The molecule has 148 valence electrons. The summed E-state index contributed by atoms with van der Waals surface area (Å²) in [6, 6.07) is 18.9. The Kier molecular flexibility index (Phi) is 4.93. The minimum Gasteiger partial charge on any atom is -0.465 e. The van der Waals surface area contributed by atoms with E-state index in [0.717, 1.165) is 11.4 Å². The first-order valence-electron chi connectivity index (χ1n) is 9.06. The SMILES string of the molecule is Cc1c(NC(=O)O)cn2ncc(C#N)c(Nc3ccc(Oc4ccccc4)cc3)c12. The van der Waals surface area contributed by atoms with Crippen LogP contribution >= 0.6 is 0 Å². The molecule has 0 atom stereocenters. The Morgan fingerprint density at radius 2 is 1.83 bits per heavy atom. The number of carbonyl (C=O) groups is 1. The third-order valence-corrected chi connectivity index (χ3v) is 4.52. The molecule has 4 aromatic rings. The number of nitrogens with zero attached hydrogens (tertiary/aromatic N) is 3. The summed E-state index contributed by atoms with van der Waals surface area (Å²) < 4.78 is 7.34. The van der Waals surface area contributed by atoms with Crippen molar-refractivity contribution in [2.45, 2.75) is 6.92 Å². The van der Waals surface area contributed by atoms with Gasteiger partial charge in [-0.1, -0.05) is 18.2 Å². The van der Waals surface area contributed by atoms with Gasteiger partial charge in [0.25, 0.3) is 0 Å². The van der Waals surface area contributed by atoms with Gasteiger partial charge in [-0.3, -0.25) is 5.32 Å². The van der Waals surface area contributed by atoms with Crippen molar-refractivity contribution in [3.8, 4) is 17.6 Å². The zero-order valence-electron chi connectivity index (χ0n) is 16.0. The first kappa shape index (κ1) is 18.8. The monoisotopic (exact) mass is 399 g/mol. The number of nitriles is 1. The minimum atomic E-state index is -1.17. The van der Waals surface area contributed by atoms with Crippen LogP contribution in [-0.2, 0) is 0 Å². The molecule has 0 radical (unpaired) electrons. The molecular weight excluding hydrogens is 382 g/mol. The molecule has 4 rings (SSSR count). The summed E-state index contributed by atoms with van der Waals surface area (Å²) in [5, 5.41) is 28.4. The topological polar surface area (TPSA) is 112 Å². The van der Waals surface area contributed by atoms with Crippen molar-refractivity contribution >= 4 is 28.7 Å². The van der Waals surface area contributed by atoms with Crippen LogP contribution in [0.4, 0.5) is 21.9 Å². The molecule has 0 unspecified atom stereocenters. The number of hydrogen-bond acceptors (Lipinski definition) is 5. The van der Waals surface area contributed by atoms with Crippen LogP contribution in [0, 0.1) is 18.3 Å². The Morgan fingerprint density at radius 3 is 2.50 bits per heavy atom. The standard InChI is InChI=1S/C22H17N5O3/c1-14-19(26-22(28)29)13-27-21(14)20(15(11-23)12-24-27)25-16-7-9-18(10-8-16)30-17-5-3-2-4-6-17/h2-10,12-13,25-26H,1H3,(H,28,29). The predicted octanol–water partition coefficient (Wildman–Crippen LogP) is 5.14. The number of amides is 1. The Hall–Kier alpha value is -4.51. The van der Waals surface area contributed by atoms with E-state index in [9.17, 15) is 10.1 Å². The fraction of sp³-hybridized carbons (Fsp3) is 0.0455. The van der Waals surface area contributed by atoms with Crippen LogP contribution in [0.15, 0.2) is 67.0 Å². The van der Waals surface area contributed by atoms with E-state index < -0.39 is 6.09 Å². The number of anilines is 3. The lowest BCUT2D eigenvalue weighted by molar-refractivity contribution is 0.209. The van der Waals surface area contributed by atoms with Crippen LogP contribution in [0.25, 0.3) is 5.52 Å². The van der Waals surface area contributed by atoms with Gasteiger partial charge in [-0.2, -0.15) is 10.4 Å². The number of fused-ring (bicyclic) bond motifs is 1. The molecule has 0 saturated heterocycles. The normalized spacial score (nSPS) is 10.4. The maximum absolute atomic E-state index is 11.0. The maximum atomic E-state index is 11.0. The third kappa shape index (κ3) is 3.72. The summed E-state index contributed by atoms with van der Waals surface area (Å²) in [5.41, 5.74) is 3.31. The highest BCUT2D eigenvalue weighted by Gasteiger charge is 2.17. The summed E-state index contributed by atoms with van der Waals surface area (Å²) in [5.74, 6) is 1.42. The lowest BCUT2D eigenvalue weighted by Crippen LogP contribution is -2.07. The van der Waals surface area contributed by atoms with Crippen molar-refractivity contribution in [2.75, 3.05) is 10.6 Å². The smallest absolute Gasteiger partial charge is 0.409 e. The molecule has 0 aliphatic rings. The van der Waals surface area contributed by atoms with Gasteiger partial charge in [0, 0.05) is 11.3 Å². The van der Waals surface area contributed by atoms with Gasteiger partial charge in [-0.25, -0.2) is 9.31 Å². The fourth-order valence-corrected chi connectivity index (χ4v) is 3.12. The highest BCUT2D eigenvalue weighted by molar-refractivity contribution is 5.92. The van der Waals surface area contributed by atoms with Gasteiger partial charge >= 0.3 is 6.09 Å². The quantitative estimate of drug-likeness (QED) is 0.428. The van der Waals surface area contributed by atoms with Crippen molar-refractivity contribution in [2.24, 2.45) is 0 Å². The predicted molar refractivity (Wildman–Crippen MR) is 113 cm³/mol. The van der Waals surface area contributed by atoms with Crippen LogP contribution in [-0.4, -0.2) is 20.8 Å². The van der Waals surface area contributed by atoms with Crippen molar-refractivity contribution < 1.29 is 14.6 Å². The van der Waals surface area contributed by atoms with Gasteiger partial charge in [-0.15, -0.1) is 0 Å². The lowest BCUT2D eigenvalue weighted by Gasteiger charge is -2.12. The minimum absolute atomic E-state index is 0.343. The molecule has 2 heterocycles. The fourth-order valence-electron chi connectivity index (χ4n) is 3.12. The first-order chi connectivity index (χ1) is 14.5. The van der Waals surface area contributed by atoms with Crippen LogP contribution in [0.2, 0.25) is 0 Å². The van der Waals surface area contributed by atoms with Crippen molar-refractivity contribution in [3.05, 3.63) is 78.1 Å². The molecule has 1 amide bonds. The Bertz CT molecular complexity index is 1260. The number of aryl methyl sites for hydroxylation is 1. The first-order valence-corrected chi connectivity index (χ1v) is 9.06. The van der Waals surface area contributed by atoms with E-state index in [4.69, 9.17) is 9.84 Å². The number of benzene rings is 2. The molecule has 2 aromatic carbocycles. The summed E-state index contributed by atoms with van der Waals surface area (Å²) in [7, 11) is 0. The second-order valence-corrected chi connectivity index (χ2v) is 6.50. The molecule has 0 fully saturated rings. The number of rotatable bonds is 5. The largest absolute Gasteiger partial charge is 0.465 e. The summed E-state index contributed by atoms with van der Waals surface area (Å²) in [4.78, 5) is 11.0. The molecule has 0 aliphatic carbocycles. The van der Waals surface area contributed by atoms with Gasteiger partial charge in [0.1, 0.15) is 17.6 Å². The third-order valence-electron chi connectivity index (χ3n) is 4.52. The average molecular weight is 399 g/mol. The molecule has 0 saturated carbocycles. The van der Waals surface area contributed by atoms with E-state index in [2.05, 4.69) is 21.8 Å². The van der Waals surface area contributed by atoms with E-state index in [0.29, 0.717) is 33.8 Å². The molecule has 30 heavy (non-hydrogen) atoms. The maximum Gasteiger partial charge on any atom is 0.409 e. The summed E-state index contributed by atoms with van der Waals surface area (Å²) >= 11 is 0. The molecule has 0 bridgehead atoms. The number of aromatic nitrogens is 2.